The Balaban J connectivity index is 1.99. The number of halogens is 1. The summed E-state index contributed by atoms with van der Waals surface area (Å²) in [6.07, 6.45) is 1.23. The lowest BCUT2D eigenvalue weighted by atomic mass is 10.1. The van der Waals surface area contributed by atoms with E-state index in [1.54, 1.807) is 0 Å². The third-order valence-electron chi connectivity index (χ3n) is 3.51. The van der Waals surface area contributed by atoms with Crippen molar-refractivity contribution in [1.82, 2.24) is 14.9 Å². The summed E-state index contributed by atoms with van der Waals surface area (Å²) >= 11 is 5.99. The van der Waals surface area contributed by atoms with Gasteiger partial charge in [0.15, 0.2) is 0 Å². The van der Waals surface area contributed by atoms with E-state index in [0.29, 0.717) is 5.15 Å². The number of aryl methyl sites for hydroxylation is 1. The van der Waals surface area contributed by atoms with E-state index in [0.717, 1.165) is 43.7 Å². The van der Waals surface area contributed by atoms with E-state index in [1.165, 1.54) is 6.42 Å². The molecule has 2 rings (SSSR count). The maximum atomic E-state index is 5.99. The van der Waals surface area contributed by atoms with Gasteiger partial charge in [0, 0.05) is 25.7 Å². The lowest BCUT2D eigenvalue weighted by molar-refractivity contribution is 0.300. The van der Waals surface area contributed by atoms with Crippen LogP contribution in [0.1, 0.15) is 19.2 Å². The van der Waals surface area contributed by atoms with Crippen LogP contribution < -0.4 is 4.90 Å². The van der Waals surface area contributed by atoms with Gasteiger partial charge in [-0.05, 0) is 32.9 Å². The highest BCUT2D eigenvalue weighted by atomic mass is 35.5. The molecule has 4 nitrogen and oxygen atoms in total. The quantitative estimate of drug-likeness (QED) is 0.784. The maximum Gasteiger partial charge on any atom is 0.134 e. The molecule has 1 aromatic heterocycles. The van der Waals surface area contributed by atoms with Gasteiger partial charge in [-0.25, -0.2) is 9.97 Å². The highest BCUT2D eigenvalue weighted by Gasteiger charge is 2.24. The van der Waals surface area contributed by atoms with Gasteiger partial charge < -0.3 is 9.80 Å². The first-order valence-electron chi connectivity index (χ1n) is 6.53. The topological polar surface area (TPSA) is 32.3 Å². The Labute approximate surface area is 114 Å². The van der Waals surface area contributed by atoms with E-state index in [4.69, 9.17) is 11.6 Å². The van der Waals surface area contributed by atoms with Crippen LogP contribution in [-0.4, -0.2) is 48.1 Å². The van der Waals surface area contributed by atoms with Gasteiger partial charge in [0.05, 0.1) is 0 Å². The minimum Gasteiger partial charge on any atom is -0.356 e. The Hall–Kier alpha value is -0.870. The van der Waals surface area contributed by atoms with Gasteiger partial charge in [-0.1, -0.05) is 18.5 Å². The van der Waals surface area contributed by atoms with E-state index in [2.05, 4.69) is 33.7 Å². The van der Waals surface area contributed by atoms with Crippen molar-refractivity contribution in [3.05, 3.63) is 17.0 Å². The number of rotatable bonds is 4. The fraction of sp³-hybridized carbons (Fsp3) is 0.692. The third kappa shape index (κ3) is 3.33. The van der Waals surface area contributed by atoms with Crippen LogP contribution in [0.3, 0.4) is 0 Å². The second-order valence-electron chi connectivity index (χ2n) is 5.05. The second kappa shape index (κ2) is 5.85. The number of nitrogens with zero attached hydrogens (tertiary/aromatic N) is 4. The van der Waals surface area contributed by atoms with Crippen molar-refractivity contribution in [2.24, 2.45) is 5.92 Å². The first-order chi connectivity index (χ1) is 8.58. The molecule has 0 radical (unpaired) electrons. The van der Waals surface area contributed by atoms with Gasteiger partial charge in [0.25, 0.3) is 0 Å². The van der Waals surface area contributed by atoms with Gasteiger partial charge in [-0.3, -0.25) is 0 Å². The summed E-state index contributed by atoms with van der Waals surface area (Å²) in [5, 5.41) is 0.534. The van der Waals surface area contributed by atoms with Gasteiger partial charge in [-0.2, -0.15) is 0 Å². The summed E-state index contributed by atoms with van der Waals surface area (Å²) in [6.45, 7) is 8.47. The number of anilines is 1. The Kier molecular flexibility index (Phi) is 4.40. The first kappa shape index (κ1) is 13.6. The number of hydrogen-bond donors (Lipinski definition) is 0. The predicted octanol–water partition coefficient (Wildman–Crippen LogP) is 2.22. The fourth-order valence-corrected chi connectivity index (χ4v) is 2.66. The van der Waals surface area contributed by atoms with Crippen LogP contribution in [0.25, 0.3) is 0 Å². The average molecular weight is 269 g/mol. The van der Waals surface area contributed by atoms with Crippen LogP contribution in [0.15, 0.2) is 6.07 Å². The first-order valence-corrected chi connectivity index (χ1v) is 6.91. The third-order valence-corrected chi connectivity index (χ3v) is 3.71. The molecule has 1 saturated heterocycles. The van der Waals surface area contributed by atoms with Crippen molar-refractivity contribution in [2.45, 2.75) is 20.3 Å². The number of aromatic nitrogens is 2. The molecule has 18 heavy (non-hydrogen) atoms. The molecule has 0 bridgehead atoms. The average Bonchev–Trinajstić information content (AvgIpc) is 2.76. The molecule has 0 aromatic carbocycles. The van der Waals surface area contributed by atoms with Crippen LogP contribution in [0.2, 0.25) is 5.15 Å². The Morgan fingerprint density at radius 1 is 1.50 bits per heavy atom. The molecular formula is C13H21ClN4. The van der Waals surface area contributed by atoms with Crippen molar-refractivity contribution in [2.75, 3.05) is 38.1 Å². The van der Waals surface area contributed by atoms with Gasteiger partial charge in [-0.15, -0.1) is 0 Å². The molecule has 0 aliphatic carbocycles. The minimum atomic E-state index is 0.534. The molecule has 0 N–H and O–H groups in total. The van der Waals surface area contributed by atoms with Crippen LogP contribution in [0, 0.1) is 12.8 Å². The maximum absolute atomic E-state index is 5.99. The molecule has 100 valence electrons. The second-order valence-corrected chi connectivity index (χ2v) is 5.44. The van der Waals surface area contributed by atoms with Crippen molar-refractivity contribution >= 4 is 17.4 Å². The van der Waals surface area contributed by atoms with E-state index in [9.17, 15) is 0 Å². The lowest BCUT2D eigenvalue weighted by Gasteiger charge is -2.21. The van der Waals surface area contributed by atoms with Gasteiger partial charge in [0.2, 0.25) is 0 Å². The molecular weight excluding hydrogens is 248 g/mol. The van der Waals surface area contributed by atoms with E-state index in [-0.39, 0.29) is 0 Å². The van der Waals surface area contributed by atoms with E-state index >= 15 is 0 Å². The smallest absolute Gasteiger partial charge is 0.134 e. The molecule has 0 saturated carbocycles. The highest BCUT2D eigenvalue weighted by molar-refractivity contribution is 6.29. The van der Waals surface area contributed by atoms with E-state index in [1.807, 2.05) is 13.0 Å². The van der Waals surface area contributed by atoms with Gasteiger partial charge in [0.1, 0.15) is 16.8 Å². The summed E-state index contributed by atoms with van der Waals surface area (Å²) in [6, 6.07) is 1.86. The molecule has 1 aromatic rings. The Bertz CT molecular complexity index is 390. The molecule has 0 spiro atoms. The molecule has 1 aliphatic heterocycles. The lowest BCUT2D eigenvalue weighted by Crippen LogP contribution is -2.28. The summed E-state index contributed by atoms with van der Waals surface area (Å²) in [5.74, 6) is 2.43. The zero-order valence-electron chi connectivity index (χ0n) is 11.4. The molecule has 0 amide bonds. The van der Waals surface area contributed by atoms with Crippen molar-refractivity contribution in [1.29, 1.82) is 0 Å². The standard InChI is InChI=1S/C13H21ClN4/c1-4-17(3)8-11-5-6-18(9-11)13-7-12(14)15-10(2)16-13/h7,11H,4-6,8-9H2,1-3H3/t11-/m1/s1. The SMILES string of the molecule is CCN(C)C[C@H]1CCN(c2cc(Cl)nc(C)n2)C1. The predicted molar refractivity (Wildman–Crippen MR) is 75.3 cm³/mol. The molecule has 2 heterocycles. The zero-order chi connectivity index (χ0) is 13.1. The summed E-state index contributed by atoms with van der Waals surface area (Å²) in [4.78, 5) is 13.3. The normalized spacial score (nSPS) is 19.8. The molecule has 1 aliphatic rings. The Morgan fingerprint density at radius 3 is 2.94 bits per heavy atom. The largest absolute Gasteiger partial charge is 0.356 e. The van der Waals surface area contributed by atoms with Crippen molar-refractivity contribution < 1.29 is 0 Å². The molecule has 5 heteroatoms. The highest BCUT2D eigenvalue weighted by Crippen LogP contribution is 2.24. The van der Waals surface area contributed by atoms with Crippen LogP contribution >= 0.6 is 11.6 Å². The van der Waals surface area contributed by atoms with Gasteiger partial charge >= 0.3 is 0 Å². The number of hydrogen-bond acceptors (Lipinski definition) is 4. The van der Waals surface area contributed by atoms with E-state index < -0.39 is 0 Å². The molecule has 0 unspecified atom stereocenters. The molecule has 1 fully saturated rings. The summed E-state index contributed by atoms with van der Waals surface area (Å²) < 4.78 is 0. The van der Waals surface area contributed by atoms with Crippen molar-refractivity contribution in [3.63, 3.8) is 0 Å². The van der Waals surface area contributed by atoms with Crippen LogP contribution in [0.5, 0.6) is 0 Å². The Morgan fingerprint density at radius 2 is 2.28 bits per heavy atom. The van der Waals surface area contributed by atoms with Crippen LogP contribution in [0.4, 0.5) is 5.82 Å². The zero-order valence-corrected chi connectivity index (χ0v) is 12.1. The summed E-state index contributed by atoms with van der Waals surface area (Å²) in [7, 11) is 2.17. The fourth-order valence-electron chi connectivity index (χ4n) is 2.44. The van der Waals surface area contributed by atoms with Crippen LogP contribution in [-0.2, 0) is 0 Å². The minimum absolute atomic E-state index is 0.534. The molecule has 1 atom stereocenters. The monoisotopic (exact) mass is 268 g/mol. The summed E-state index contributed by atoms with van der Waals surface area (Å²) in [5.41, 5.74) is 0. The van der Waals surface area contributed by atoms with Crippen molar-refractivity contribution in [3.8, 4) is 0 Å².